The second-order valence-corrected chi connectivity index (χ2v) is 5.45. The number of ketones is 1. The summed E-state index contributed by atoms with van der Waals surface area (Å²) in [6.07, 6.45) is -1.84. The third-order valence-corrected chi connectivity index (χ3v) is 3.33. The third-order valence-electron chi connectivity index (χ3n) is 3.33. The molecular weight excluding hydrogens is 260 g/mol. The van der Waals surface area contributed by atoms with Gasteiger partial charge in [-0.15, -0.1) is 0 Å². The van der Waals surface area contributed by atoms with Crippen LogP contribution in [0.1, 0.15) is 19.4 Å². The van der Waals surface area contributed by atoms with Gasteiger partial charge in [0.2, 0.25) is 0 Å². The van der Waals surface area contributed by atoms with E-state index in [1.165, 1.54) is 0 Å². The van der Waals surface area contributed by atoms with Crippen molar-refractivity contribution in [1.29, 1.82) is 0 Å². The summed E-state index contributed by atoms with van der Waals surface area (Å²) < 4.78 is 22.1. The molecule has 0 aromatic heterocycles. The molecular formula is C15H18O5. The monoisotopic (exact) mass is 278 g/mol. The first-order valence-electron chi connectivity index (χ1n) is 6.72. The molecule has 0 aliphatic carbocycles. The molecule has 3 rings (SSSR count). The van der Waals surface area contributed by atoms with Crippen molar-refractivity contribution in [2.45, 2.75) is 44.7 Å². The van der Waals surface area contributed by atoms with E-state index in [0.29, 0.717) is 6.61 Å². The van der Waals surface area contributed by atoms with Crippen LogP contribution >= 0.6 is 0 Å². The topological polar surface area (TPSA) is 54.0 Å². The minimum absolute atomic E-state index is 0.103. The van der Waals surface area contributed by atoms with Gasteiger partial charge in [-0.25, -0.2) is 0 Å². The summed E-state index contributed by atoms with van der Waals surface area (Å²) in [7, 11) is 0. The first-order valence-corrected chi connectivity index (χ1v) is 6.72. The van der Waals surface area contributed by atoms with Crippen molar-refractivity contribution >= 4 is 5.78 Å². The molecule has 2 heterocycles. The Hall–Kier alpha value is -1.27. The first kappa shape index (κ1) is 13.7. The van der Waals surface area contributed by atoms with Crippen LogP contribution in [-0.2, 0) is 30.3 Å². The van der Waals surface area contributed by atoms with Crippen LogP contribution in [-0.4, -0.2) is 36.7 Å². The van der Waals surface area contributed by atoms with E-state index in [2.05, 4.69) is 0 Å². The number of hydrogen-bond acceptors (Lipinski definition) is 5. The summed E-state index contributed by atoms with van der Waals surface area (Å²) >= 11 is 0. The highest BCUT2D eigenvalue weighted by molar-refractivity contribution is 5.90. The molecule has 2 saturated heterocycles. The van der Waals surface area contributed by atoms with E-state index in [0.717, 1.165) is 5.56 Å². The van der Waals surface area contributed by atoms with Gasteiger partial charge in [-0.3, -0.25) is 4.79 Å². The second-order valence-electron chi connectivity index (χ2n) is 5.45. The molecule has 5 nitrogen and oxygen atoms in total. The lowest BCUT2D eigenvalue weighted by molar-refractivity contribution is -0.209. The Kier molecular flexibility index (Phi) is 3.60. The lowest BCUT2D eigenvalue weighted by atomic mass is 10.2. The average molecular weight is 278 g/mol. The molecule has 0 bridgehead atoms. The molecule has 0 saturated carbocycles. The van der Waals surface area contributed by atoms with E-state index >= 15 is 0 Å². The highest BCUT2D eigenvalue weighted by atomic mass is 16.8. The number of Topliss-reactive ketones (excluding diaryl/α,β-unsaturated/α-hetero) is 1. The predicted octanol–water partition coefficient (Wildman–Crippen LogP) is 1.65. The van der Waals surface area contributed by atoms with Gasteiger partial charge in [0.1, 0.15) is 6.10 Å². The molecule has 0 spiro atoms. The lowest BCUT2D eigenvalue weighted by Crippen LogP contribution is -2.32. The summed E-state index contributed by atoms with van der Waals surface area (Å²) in [6.45, 7) is 4.20. The maximum atomic E-state index is 12.1. The molecule has 20 heavy (non-hydrogen) atoms. The van der Waals surface area contributed by atoms with Crippen molar-refractivity contribution in [3.8, 4) is 0 Å². The SMILES string of the molecule is CC1(C)O[C@@H]2O[C@@H](COCc3ccccc3)C(=O)[C@@H]2O1. The molecule has 108 valence electrons. The van der Waals surface area contributed by atoms with Crippen molar-refractivity contribution in [2.24, 2.45) is 0 Å². The van der Waals surface area contributed by atoms with Gasteiger partial charge in [0.15, 0.2) is 24.0 Å². The quantitative estimate of drug-likeness (QED) is 0.838. The molecule has 3 atom stereocenters. The van der Waals surface area contributed by atoms with Gasteiger partial charge in [-0.1, -0.05) is 30.3 Å². The first-order chi connectivity index (χ1) is 9.55. The van der Waals surface area contributed by atoms with Crippen molar-refractivity contribution in [1.82, 2.24) is 0 Å². The van der Waals surface area contributed by atoms with Gasteiger partial charge in [0.05, 0.1) is 13.2 Å². The summed E-state index contributed by atoms with van der Waals surface area (Å²) in [5, 5.41) is 0. The zero-order chi connectivity index (χ0) is 14.2. The zero-order valence-electron chi connectivity index (χ0n) is 11.6. The van der Waals surface area contributed by atoms with Gasteiger partial charge in [-0.05, 0) is 19.4 Å². The molecule has 1 aromatic rings. The van der Waals surface area contributed by atoms with Crippen molar-refractivity contribution in [2.75, 3.05) is 6.61 Å². The van der Waals surface area contributed by atoms with Gasteiger partial charge in [0.25, 0.3) is 0 Å². The Morgan fingerprint density at radius 3 is 2.65 bits per heavy atom. The van der Waals surface area contributed by atoms with Crippen LogP contribution in [0.25, 0.3) is 0 Å². The van der Waals surface area contributed by atoms with Crippen LogP contribution < -0.4 is 0 Å². The van der Waals surface area contributed by atoms with E-state index in [-0.39, 0.29) is 12.4 Å². The van der Waals surface area contributed by atoms with E-state index in [9.17, 15) is 4.79 Å². The van der Waals surface area contributed by atoms with E-state index in [1.807, 2.05) is 30.3 Å². The minimum Gasteiger partial charge on any atom is -0.374 e. The van der Waals surface area contributed by atoms with Crippen molar-refractivity contribution in [3.05, 3.63) is 35.9 Å². The number of rotatable bonds is 4. The number of carbonyl (C=O) groups is 1. The summed E-state index contributed by atoms with van der Waals surface area (Å²) in [4.78, 5) is 12.1. The fourth-order valence-electron chi connectivity index (χ4n) is 2.41. The fourth-order valence-corrected chi connectivity index (χ4v) is 2.41. The highest BCUT2D eigenvalue weighted by Crippen LogP contribution is 2.35. The van der Waals surface area contributed by atoms with E-state index < -0.39 is 24.3 Å². The van der Waals surface area contributed by atoms with Gasteiger partial charge in [0, 0.05) is 0 Å². The smallest absolute Gasteiger partial charge is 0.198 e. The Morgan fingerprint density at radius 2 is 1.95 bits per heavy atom. The van der Waals surface area contributed by atoms with Crippen LogP contribution in [0.5, 0.6) is 0 Å². The van der Waals surface area contributed by atoms with Crippen LogP contribution in [0, 0.1) is 0 Å². The summed E-state index contributed by atoms with van der Waals surface area (Å²) in [5.41, 5.74) is 1.06. The van der Waals surface area contributed by atoms with Crippen LogP contribution in [0.2, 0.25) is 0 Å². The van der Waals surface area contributed by atoms with Crippen LogP contribution in [0.4, 0.5) is 0 Å². The number of benzene rings is 1. The zero-order valence-corrected chi connectivity index (χ0v) is 11.6. The van der Waals surface area contributed by atoms with Gasteiger partial charge in [-0.2, -0.15) is 0 Å². The number of hydrogen-bond donors (Lipinski definition) is 0. The lowest BCUT2D eigenvalue weighted by Gasteiger charge is -2.19. The van der Waals surface area contributed by atoms with E-state index in [4.69, 9.17) is 18.9 Å². The minimum atomic E-state index is -0.763. The normalized spacial score (nSPS) is 31.5. The fraction of sp³-hybridized carbons (Fsp3) is 0.533. The number of ether oxygens (including phenoxy) is 4. The number of carbonyl (C=O) groups excluding carboxylic acids is 1. The molecule has 1 aromatic carbocycles. The Morgan fingerprint density at radius 1 is 1.20 bits per heavy atom. The van der Waals surface area contributed by atoms with Crippen molar-refractivity contribution in [3.63, 3.8) is 0 Å². The predicted molar refractivity (Wildman–Crippen MR) is 69.8 cm³/mol. The maximum Gasteiger partial charge on any atom is 0.198 e. The molecule has 0 unspecified atom stereocenters. The molecule has 2 aliphatic rings. The standard InChI is InChI=1S/C15H18O5/c1-15(2)19-13-12(16)11(18-14(13)20-15)9-17-8-10-6-4-3-5-7-10/h3-7,11,13-14H,8-9H2,1-2H3/t11-,13-,14-/m0/s1. The third kappa shape index (κ3) is 2.76. The van der Waals surface area contributed by atoms with Gasteiger partial charge < -0.3 is 18.9 Å². The molecule has 2 aliphatic heterocycles. The van der Waals surface area contributed by atoms with Gasteiger partial charge >= 0.3 is 0 Å². The van der Waals surface area contributed by atoms with Crippen molar-refractivity contribution < 1.29 is 23.7 Å². The summed E-state index contributed by atoms with van der Waals surface area (Å²) in [5.74, 6) is -0.866. The summed E-state index contributed by atoms with van der Waals surface area (Å²) in [6, 6.07) is 9.79. The molecule has 0 N–H and O–H groups in total. The highest BCUT2D eigenvalue weighted by Gasteiger charge is 2.54. The van der Waals surface area contributed by atoms with Crippen LogP contribution in [0.3, 0.4) is 0 Å². The largest absolute Gasteiger partial charge is 0.374 e. The second kappa shape index (κ2) is 5.26. The Balaban J connectivity index is 1.50. The molecule has 5 heteroatoms. The molecule has 0 radical (unpaired) electrons. The maximum absolute atomic E-state index is 12.1. The Bertz CT molecular complexity index is 484. The number of fused-ring (bicyclic) bond motifs is 1. The average Bonchev–Trinajstić information content (AvgIpc) is 2.86. The molecule has 2 fully saturated rings. The molecule has 0 amide bonds. The Labute approximate surface area is 117 Å². The van der Waals surface area contributed by atoms with E-state index in [1.54, 1.807) is 13.8 Å². The van der Waals surface area contributed by atoms with Crippen LogP contribution in [0.15, 0.2) is 30.3 Å².